The molecule has 0 bridgehead atoms. The first-order valence-corrected chi connectivity index (χ1v) is 8.67. The summed E-state index contributed by atoms with van der Waals surface area (Å²) in [5.74, 6) is 0. The third-order valence-electron chi connectivity index (χ3n) is 3.00. The molecule has 0 fully saturated rings. The van der Waals surface area contributed by atoms with Gasteiger partial charge in [0.2, 0.25) is 0 Å². The molecular formula is C15H30INO4. The minimum Gasteiger partial charge on any atom is -0.444 e. The number of hydrogen-bond acceptors (Lipinski definition) is 4. The van der Waals surface area contributed by atoms with Crippen molar-refractivity contribution in [1.82, 2.24) is 5.32 Å². The highest BCUT2D eigenvalue weighted by molar-refractivity contribution is 14.1. The molecule has 6 heteroatoms. The predicted octanol–water partition coefficient (Wildman–Crippen LogP) is 3.54. The Kier molecular flexibility index (Phi) is 8.49. The molecule has 0 rings (SSSR count). The van der Waals surface area contributed by atoms with Crippen molar-refractivity contribution in [2.75, 3.05) is 24.7 Å². The van der Waals surface area contributed by atoms with Crippen molar-refractivity contribution in [3.8, 4) is 0 Å². The van der Waals surface area contributed by atoms with Crippen LogP contribution < -0.4 is 5.32 Å². The molecule has 0 aromatic heterocycles. The molecule has 126 valence electrons. The van der Waals surface area contributed by atoms with Crippen molar-refractivity contribution in [3.05, 3.63) is 0 Å². The van der Waals surface area contributed by atoms with E-state index in [1.165, 1.54) is 0 Å². The SMILES string of the molecule is COC(C)(C)CCOC(C)(CI)CNC(=O)OC(C)(C)C. The van der Waals surface area contributed by atoms with E-state index in [9.17, 15) is 4.79 Å². The van der Waals surface area contributed by atoms with Gasteiger partial charge in [0.25, 0.3) is 0 Å². The van der Waals surface area contributed by atoms with Gasteiger partial charge in [0.1, 0.15) is 5.60 Å². The van der Waals surface area contributed by atoms with Crippen LogP contribution in [0.4, 0.5) is 4.79 Å². The second kappa shape index (κ2) is 8.53. The van der Waals surface area contributed by atoms with Crippen LogP contribution in [0.1, 0.15) is 48.0 Å². The van der Waals surface area contributed by atoms with Gasteiger partial charge in [-0.2, -0.15) is 0 Å². The number of nitrogens with one attached hydrogen (secondary N) is 1. The number of carbonyl (C=O) groups excluding carboxylic acids is 1. The van der Waals surface area contributed by atoms with E-state index in [-0.39, 0.29) is 5.60 Å². The number of ether oxygens (including phenoxy) is 3. The van der Waals surface area contributed by atoms with Crippen LogP contribution in [0.2, 0.25) is 0 Å². The number of methoxy groups -OCH3 is 1. The maximum absolute atomic E-state index is 11.7. The number of hydrogen-bond donors (Lipinski definition) is 1. The van der Waals surface area contributed by atoms with Gasteiger partial charge in [-0.3, -0.25) is 0 Å². The zero-order valence-electron chi connectivity index (χ0n) is 14.3. The first kappa shape index (κ1) is 20.9. The van der Waals surface area contributed by atoms with E-state index in [0.717, 1.165) is 10.8 Å². The number of amides is 1. The van der Waals surface area contributed by atoms with E-state index in [2.05, 4.69) is 27.9 Å². The maximum Gasteiger partial charge on any atom is 0.407 e. The van der Waals surface area contributed by atoms with Crippen LogP contribution in [0.5, 0.6) is 0 Å². The van der Waals surface area contributed by atoms with Crippen LogP contribution in [0.15, 0.2) is 0 Å². The summed E-state index contributed by atoms with van der Waals surface area (Å²) in [5.41, 5.74) is -1.11. The molecule has 5 nitrogen and oxygen atoms in total. The molecular weight excluding hydrogens is 385 g/mol. The Balaban J connectivity index is 4.25. The summed E-state index contributed by atoms with van der Waals surface area (Å²) in [7, 11) is 1.70. The quantitative estimate of drug-likeness (QED) is 0.487. The summed E-state index contributed by atoms with van der Waals surface area (Å²) >= 11 is 2.26. The Morgan fingerprint density at radius 1 is 1.14 bits per heavy atom. The fourth-order valence-electron chi connectivity index (χ4n) is 1.36. The van der Waals surface area contributed by atoms with E-state index >= 15 is 0 Å². The van der Waals surface area contributed by atoms with Gasteiger partial charge in [-0.05, 0) is 48.0 Å². The molecule has 0 aliphatic rings. The summed E-state index contributed by atoms with van der Waals surface area (Å²) in [4.78, 5) is 11.7. The number of carbonyl (C=O) groups is 1. The van der Waals surface area contributed by atoms with Crippen molar-refractivity contribution in [2.45, 2.75) is 64.8 Å². The zero-order valence-corrected chi connectivity index (χ0v) is 16.5. The van der Waals surface area contributed by atoms with Gasteiger partial charge in [-0.1, -0.05) is 22.6 Å². The molecule has 0 aromatic rings. The number of alkyl halides is 1. The Morgan fingerprint density at radius 2 is 1.71 bits per heavy atom. The van der Waals surface area contributed by atoms with Gasteiger partial charge in [-0.25, -0.2) is 4.79 Å². The van der Waals surface area contributed by atoms with Gasteiger partial charge in [-0.15, -0.1) is 0 Å². The minimum atomic E-state index is -0.492. The molecule has 1 atom stereocenters. The standard InChI is InChI=1S/C15H30INO4/c1-13(2,3)21-12(18)17-11-15(6,10-16)20-9-8-14(4,5)19-7/h8-11H2,1-7H3,(H,17,18). The smallest absolute Gasteiger partial charge is 0.407 e. The molecule has 0 aliphatic heterocycles. The molecule has 0 saturated heterocycles. The third-order valence-corrected chi connectivity index (χ3v) is 4.61. The van der Waals surface area contributed by atoms with E-state index in [1.807, 2.05) is 41.5 Å². The van der Waals surface area contributed by atoms with Crippen LogP contribution in [0.3, 0.4) is 0 Å². The molecule has 0 spiro atoms. The average molecular weight is 415 g/mol. The molecule has 0 aromatic carbocycles. The molecule has 1 unspecified atom stereocenters. The topological polar surface area (TPSA) is 56.8 Å². The second-order valence-corrected chi connectivity index (χ2v) is 7.76. The molecule has 0 saturated carbocycles. The molecule has 0 radical (unpaired) electrons. The fourth-order valence-corrected chi connectivity index (χ4v) is 1.85. The van der Waals surface area contributed by atoms with E-state index in [0.29, 0.717) is 13.2 Å². The highest BCUT2D eigenvalue weighted by Crippen LogP contribution is 2.18. The summed E-state index contributed by atoms with van der Waals surface area (Å²) < 4.78 is 17.3. The summed E-state index contributed by atoms with van der Waals surface area (Å²) in [6, 6.07) is 0. The van der Waals surface area contributed by atoms with Crippen molar-refractivity contribution in [3.63, 3.8) is 0 Å². The minimum absolute atomic E-state index is 0.204. The highest BCUT2D eigenvalue weighted by Gasteiger charge is 2.27. The number of halogens is 1. The molecule has 1 amide bonds. The Hall–Kier alpha value is -0.0800. The average Bonchev–Trinajstić information content (AvgIpc) is 2.34. The van der Waals surface area contributed by atoms with Gasteiger partial charge in [0.05, 0.1) is 24.4 Å². The van der Waals surface area contributed by atoms with Crippen LogP contribution in [-0.4, -0.2) is 47.6 Å². The van der Waals surface area contributed by atoms with Crippen molar-refractivity contribution in [2.24, 2.45) is 0 Å². The zero-order chi connectivity index (χ0) is 16.7. The lowest BCUT2D eigenvalue weighted by atomic mass is 10.1. The number of rotatable bonds is 8. The lowest BCUT2D eigenvalue weighted by Gasteiger charge is -2.31. The Labute approximate surface area is 142 Å². The summed E-state index contributed by atoms with van der Waals surface area (Å²) in [5, 5.41) is 2.77. The lowest BCUT2D eigenvalue weighted by Crippen LogP contribution is -2.46. The van der Waals surface area contributed by atoms with Gasteiger partial charge in [0, 0.05) is 11.5 Å². The first-order chi connectivity index (χ1) is 9.43. The normalized spacial score (nSPS) is 15.4. The van der Waals surface area contributed by atoms with E-state index < -0.39 is 17.3 Å². The lowest BCUT2D eigenvalue weighted by molar-refractivity contribution is -0.0542. The third kappa shape index (κ3) is 10.3. The number of alkyl carbamates (subject to hydrolysis) is 1. The van der Waals surface area contributed by atoms with Crippen molar-refractivity contribution < 1.29 is 19.0 Å². The highest BCUT2D eigenvalue weighted by atomic mass is 127. The van der Waals surface area contributed by atoms with E-state index in [4.69, 9.17) is 14.2 Å². The summed E-state index contributed by atoms with van der Waals surface area (Å²) in [6.07, 6.45) is 0.377. The molecule has 0 aliphatic carbocycles. The monoisotopic (exact) mass is 415 g/mol. The Morgan fingerprint density at radius 3 is 2.14 bits per heavy atom. The molecule has 21 heavy (non-hydrogen) atoms. The first-order valence-electron chi connectivity index (χ1n) is 7.15. The molecule has 0 heterocycles. The largest absolute Gasteiger partial charge is 0.444 e. The van der Waals surface area contributed by atoms with Crippen molar-refractivity contribution in [1.29, 1.82) is 0 Å². The summed E-state index contributed by atoms with van der Waals surface area (Å²) in [6.45, 7) is 12.5. The van der Waals surface area contributed by atoms with Gasteiger partial charge >= 0.3 is 6.09 Å². The van der Waals surface area contributed by atoms with Gasteiger partial charge in [0.15, 0.2) is 0 Å². The van der Waals surface area contributed by atoms with Crippen LogP contribution >= 0.6 is 22.6 Å². The predicted molar refractivity (Wildman–Crippen MR) is 93.2 cm³/mol. The fraction of sp³-hybridized carbons (Fsp3) is 0.933. The molecule has 1 N–H and O–H groups in total. The van der Waals surface area contributed by atoms with Crippen LogP contribution in [0, 0.1) is 0 Å². The van der Waals surface area contributed by atoms with Crippen molar-refractivity contribution >= 4 is 28.7 Å². The van der Waals surface area contributed by atoms with E-state index in [1.54, 1.807) is 7.11 Å². The Bertz CT molecular complexity index is 328. The van der Waals surface area contributed by atoms with Gasteiger partial charge < -0.3 is 19.5 Å². The maximum atomic E-state index is 11.7. The van der Waals surface area contributed by atoms with Crippen LogP contribution in [-0.2, 0) is 14.2 Å². The van der Waals surface area contributed by atoms with Crippen LogP contribution in [0.25, 0.3) is 0 Å². The second-order valence-electron chi connectivity index (χ2n) is 7.00.